The fourth-order valence-corrected chi connectivity index (χ4v) is 5.67. The highest BCUT2D eigenvalue weighted by Crippen LogP contribution is 2.47. The molecule has 0 saturated carbocycles. The maximum Gasteiger partial charge on any atom is 0.342 e. The summed E-state index contributed by atoms with van der Waals surface area (Å²) >= 11 is 0. The van der Waals surface area contributed by atoms with Gasteiger partial charge in [0.2, 0.25) is 0 Å². The lowest BCUT2D eigenvalue weighted by molar-refractivity contribution is -0.135. The lowest BCUT2D eigenvalue weighted by Crippen LogP contribution is -2.29. The number of fused-ring (bicyclic) bond motifs is 3. The van der Waals surface area contributed by atoms with Gasteiger partial charge < -0.3 is 18.8 Å². The van der Waals surface area contributed by atoms with Gasteiger partial charge >= 0.3 is 11.9 Å². The molecule has 2 aliphatic heterocycles. The van der Waals surface area contributed by atoms with Gasteiger partial charge in [-0.2, -0.15) is 0 Å². The fraction of sp³-hybridized carbons (Fsp3) is 0.375. The van der Waals surface area contributed by atoms with Crippen molar-refractivity contribution in [2.45, 2.75) is 63.9 Å². The van der Waals surface area contributed by atoms with E-state index in [1.165, 1.54) is 7.11 Å². The highest BCUT2D eigenvalue weighted by atomic mass is 16.5. The Kier molecular flexibility index (Phi) is 7.87. The molecule has 2 aliphatic rings. The summed E-state index contributed by atoms with van der Waals surface area (Å²) in [5, 5.41) is 0.854. The summed E-state index contributed by atoms with van der Waals surface area (Å²) in [6.07, 6.45) is 6.68. The Morgan fingerprint density at radius 2 is 1.80 bits per heavy atom. The number of esters is 2. The first kappa shape index (κ1) is 27.4. The maximum atomic E-state index is 13.6. The zero-order valence-electron chi connectivity index (χ0n) is 23.0. The number of Topliss-reactive ketones (excluding diaryl/α,β-unsaturated/α-hetero) is 1. The maximum absolute atomic E-state index is 13.6. The van der Waals surface area contributed by atoms with Gasteiger partial charge in [-0.1, -0.05) is 30.4 Å². The molecule has 0 aliphatic carbocycles. The summed E-state index contributed by atoms with van der Waals surface area (Å²) in [6.45, 7) is 1.80. The second-order valence-corrected chi connectivity index (χ2v) is 10.5. The minimum Gasteiger partial charge on any atom is -0.495 e. The molecule has 1 aromatic heterocycles. The number of para-hydroxylation sites is 1. The van der Waals surface area contributed by atoms with Crippen molar-refractivity contribution in [1.82, 2.24) is 4.57 Å². The number of hydrogen-bond donors (Lipinski definition) is 0. The van der Waals surface area contributed by atoms with Crippen LogP contribution in [0.2, 0.25) is 0 Å². The number of hydrogen-bond acceptors (Lipinski definition) is 7. The molecule has 8 heteroatoms. The minimum absolute atomic E-state index is 0.0783. The minimum atomic E-state index is -0.687. The second-order valence-electron chi connectivity index (χ2n) is 10.5. The normalized spacial score (nSPS) is 20.2. The van der Waals surface area contributed by atoms with E-state index in [0.717, 1.165) is 10.9 Å². The van der Waals surface area contributed by atoms with Crippen LogP contribution >= 0.6 is 0 Å². The molecule has 0 fully saturated rings. The third-order valence-corrected chi connectivity index (χ3v) is 7.70. The van der Waals surface area contributed by atoms with Crippen LogP contribution in [0.25, 0.3) is 17.0 Å². The number of ether oxygens (including phenoxy) is 3. The Morgan fingerprint density at radius 3 is 2.60 bits per heavy atom. The first-order valence-electron chi connectivity index (χ1n) is 13.7. The van der Waals surface area contributed by atoms with Gasteiger partial charge in [0.1, 0.15) is 22.8 Å². The Hall–Kier alpha value is -4.20. The number of methoxy groups -OCH3 is 1. The Morgan fingerprint density at radius 1 is 1.02 bits per heavy atom. The van der Waals surface area contributed by atoms with Gasteiger partial charge in [0.05, 0.1) is 25.2 Å². The molecule has 208 valence electrons. The van der Waals surface area contributed by atoms with Gasteiger partial charge in [-0.3, -0.25) is 14.4 Å². The number of allylic oxidation sites excluding steroid dienone is 1. The number of ketones is 1. The third-order valence-electron chi connectivity index (χ3n) is 7.70. The van der Waals surface area contributed by atoms with Crippen LogP contribution in [0.4, 0.5) is 0 Å². The monoisotopic (exact) mass is 543 g/mol. The summed E-state index contributed by atoms with van der Waals surface area (Å²) in [6, 6.07) is 11.0. The number of rotatable bonds is 2. The largest absolute Gasteiger partial charge is 0.495 e. The number of carbonyl (C=O) groups excluding carboxylic acids is 3. The predicted octanol–water partition coefficient (Wildman–Crippen LogP) is 5.47. The zero-order chi connectivity index (χ0) is 28.4. The summed E-state index contributed by atoms with van der Waals surface area (Å²) in [4.78, 5) is 52.2. The van der Waals surface area contributed by atoms with E-state index in [1.54, 1.807) is 36.7 Å². The number of carbonyl (C=O) groups is 3. The van der Waals surface area contributed by atoms with E-state index < -0.39 is 24.0 Å². The SMILES string of the molecule is COc1c2c(cc3c1[C@H](c1cc4ccccc4n(C)c1=O)CC(=O)O3)C=CCCCC(=O)CCC[C@H](C)OC2=O. The Labute approximate surface area is 232 Å². The van der Waals surface area contributed by atoms with Gasteiger partial charge in [-0.25, -0.2) is 4.79 Å². The highest BCUT2D eigenvalue weighted by Gasteiger charge is 2.37. The van der Waals surface area contributed by atoms with Crippen LogP contribution in [0.15, 0.2) is 47.3 Å². The molecule has 8 nitrogen and oxygen atoms in total. The Bertz CT molecular complexity index is 1580. The van der Waals surface area contributed by atoms with E-state index in [2.05, 4.69) is 0 Å². The third kappa shape index (κ3) is 5.30. The number of pyridine rings is 1. The molecule has 0 saturated heterocycles. The topological polar surface area (TPSA) is 101 Å². The second kappa shape index (κ2) is 11.5. The van der Waals surface area contributed by atoms with Crippen LogP contribution in [0.3, 0.4) is 0 Å². The predicted molar refractivity (Wildman–Crippen MR) is 151 cm³/mol. The van der Waals surface area contributed by atoms with Crippen molar-refractivity contribution in [3.8, 4) is 11.5 Å². The van der Waals surface area contributed by atoms with Gasteiger partial charge in [-0.05, 0) is 61.8 Å². The molecule has 2 atom stereocenters. The van der Waals surface area contributed by atoms with Crippen molar-refractivity contribution >= 4 is 34.7 Å². The molecular weight excluding hydrogens is 510 g/mol. The van der Waals surface area contributed by atoms with Gasteiger partial charge in [0.15, 0.2) is 0 Å². The average molecular weight is 544 g/mol. The van der Waals surface area contributed by atoms with Gasteiger partial charge in [0.25, 0.3) is 5.56 Å². The van der Waals surface area contributed by atoms with Crippen LogP contribution in [-0.4, -0.2) is 35.5 Å². The molecule has 3 aromatic rings. The summed E-state index contributed by atoms with van der Waals surface area (Å²) in [5.41, 5.74) is 2.12. The van der Waals surface area contributed by atoms with Crippen LogP contribution in [-0.2, 0) is 21.4 Å². The summed E-state index contributed by atoms with van der Waals surface area (Å²) in [7, 11) is 3.16. The smallest absolute Gasteiger partial charge is 0.342 e. The van der Waals surface area contributed by atoms with Crippen molar-refractivity contribution in [1.29, 1.82) is 0 Å². The lowest BCUT2D eigenvalue weighted by Gasteiger charge is -2.29. The average Bonchev–Trinajstić information content (AvgIpc) is 2.93. The molecule has 5 rings (SSSR count). The number of benzene rings is 2. The standard InChI is InChI=1S/C32H33NO7/c1-19-10-9-14-22(34)13-6-4-5-12-21-17-26-29(30(38-3)28(21)32(37)39-19)23(18-27(35)40-26)24-16-20-11-7-8-15-25(20)33(2)31(24)36/h5,7-8,11-12,15-17,19,23H,4,6,9-10,13-14,18H2,1-3H3/t19-,23-/m0/s1. The van der Waals surface area contributed by atoms with E-state index in [-0.39, 0.29) is 34.8 Å². The van der Waals surface area contributed by atoms with E-state index in [4.69, 9.17) is 14.2 Å². The molecular formula is C32H33NO7. The van der Waals surface area contributed by atoms with Crippen LogP contribution < -0.4 is 15.0 Å². The van der Waals surface area contributed by atoms with Gasteiger partial charge in [-0.15, -0.1) is 0 Å². The molecule has 40 heavy (non-hydrogen) atoms. The van der Waals surface area contributed by atoms with Crippen molar-refractivity contribution in [2.75, 3.05) is 7.11 Å². The molecule has 3 heterocycles. The first-order valence-corrected chi connectivity index (χ1v) is 13.7. The van der Waals surface area contributed by atoms with Gasteiger partial charge in [0, 0.05) is 36.9 Å². The number of nitrogens with zero attached hydrogens (tertiary/aromatic N) is 1. The van der Waals surface area contributed by atoms with Crippen molar-refractivity contribution in [3.05, 3.63) is 75.1 Å². The molecule has 2 aromatic carbocycles. The molecule has 0 spiro atoms. The van der Waals surface area contributed by atoms with E-state index in [1.807, 2.05) is 30.3 Å². The summed E-state index contributed by atoms with van der Waals surface area (Å²) < 4.78 is 18.9. The van der Waals surface area contributed by atoms with E-state index in [9.17, 15) is 19.2 Å². The lowest BCUT2D eigenvalue weighted by atomic mass is 9.83. The number of cyclic esters (lactones) is 1. The first-order chi connectivity index (χ1) is 19.3. The van der Waals surface area contributed by atoms with Crippen LogP contribution in [0.5, 0.6) is 11.5 Å². The molecule has 0 radical (unpaired) electrons. The Balaban J connectivity index is 1.70. The summed E-state index contributed by atoms with van der Waals surface area (Å²) in [5.74, 6) is -1.06. The van der Waals surface area contributed by atoms with Crippen LogP contribution in [0, 0.1) is 0 Å². The van der Waals surface area contributed by atoms with Crippen molar-refractivity contribution in [2.24, 2.45) is 7.05 Å². The highest BCUT2D eigenvalue weighted by molar-refractivity contribution is 5.99. The molecule has 0 unspecified atom stereocenters. The fourth-order valence-electron chi connectivity index (χ4n) is 5.67. The van der Waals surface area contributed by atoms with Crippen LogP contribution in [0.1, 0.15) is 84.8 Å². The van der Waals surface area contributed by atoms with E-state index in [0.29, 0.717) is 55.2 Å². The molecule has 0 N–H and O–H groups in total. The number of aromatic nitrogens is 1. The molecule has 0 amide bonds. The number of aryl methyl sites for hydroxylation is 1. The van der Waals surface area contributed by atoms with Crippen molar-refractivity contribution in [3.63, 3.8) is 0 Å². The zero-order valence-corrected chi connectivity index (χ0v) is 23.0. The molecule has 0 bridgehead atoms. The van der Waals surface area contributed by atoms with E-state index >= 15 is 0 Å². The quantitative estimate of drug-likeness (QED) is 0.312. The van der Waals surface area contributed by atoms with Crippen molar-refractivity contribution < 1.29 is 28.6 Å².